The van der Waals surface area contributed by atoms with E-state index in [1.165, 1.54) is 31.0 Å². The summed E-state index contributed by atoms with van der Waals surface area (Å²) in [6, 6.07) is 7.88. The molecule has 0 fully saturated rings. The highest BCUT2D eigenvalue weighted by atomic mass is 32.2. The highest BCUT2D eigenvalue weighted by molar-refractivity contribution is 7.89. The molecule has 1 aromatic carbocycles. The molecule has 0 aliphatic carbocycles. The minimum absolute atomic E-state index is 0.164. The van der Waals surface area contributed by atoms with Crippen LogP contribution >= 0.6 is 0 Å². The number of hydrogen-bond donors (Lipinski definition) is 1. The van der Waals surface area contributed by atoms with Crippen molar-refractivity contribution in [2.45, 2.75) is 18.0 Å². The second-order valence-corrected chi connectivity index (χ2v) is 6.78. The Morgan fingerprint density at radius 3 is 2.67 bits per heavy atom. The Balaban J connectivity index is 1.61. The minimum atomic E-state index is -3.59. The van der Waals surface area contributed by atoms with Gasteiger partial charge in [-0.3, -0.25) is 4.68 Å². The van der Waals surface area contributed by atoms with E-state index >= 15 is 0 Å². The smallest absolute Gasteiger partial charge is 0.240 e. The average Bonchev–Trinajstić information content (AvgIpc) is 3.23. The Bertz CT molecular complexity index is 886. The molecule has 3 aromatic rings. The number of aromatic nitrogens is 3. The summed E-state index contributed by atoms with van der Waals surface area (Å²) >= 11 is 0. The number of sulfonamides is 1. The van der Waals surface area contributed by atoms with Gasteiger partial charge in [0.25, 0.3) is 0 Å². The van der Waals surface area contributed by atoms with E-state index in [1.807, 2.05) is 0 Å². The lowest BCUT2D eigenvalue weighted by molar-refractivity contribution is 0.289. The van der Waals surface area contributed by atoms with E-state index in [4.69, 9.17) is 9.15 Å². The van der Waals surface area contributed by atoms with Crippen LogP contribution in [-0.4, -0.2) is 23.2 Å². The number of hydrogen-bond acceptors (Lipinski definition) is 6. The van der Waals surface area contributed by atoms with Gasteiger partial charge in [0, 0.05) is 19.2 Å². The molecule has 0 atom stereocenters. The van der Waals surface area contributed by atoms with Gasteiger partial charge in [-0.2, -0.15) is 5.10 Å². The van der Waals surface area contributed by atoms with Crippen molar-refractivity contribution in [1.29, 1.82) is 0 Å². The largest absolute Gasteiger partial charge is 0.486 e. The summed E-state index contributed by atoms with van der Waals surface area (Å²) < 4.78 is 39.0. The topological polar surface area (TPSA) is 99.2 Å². The lowest BCUT2D eigenvalue weighted by atomic mass is 10.3. The van der Waals surface area contributed by atoms with Crippen LogP contribution in [-0.2, 0) is 30.2 Å². The van der Waals surface area contributed by atoms with Crippen LogP contribution in [0.3, 0.4) is 0 Å². The summed E-state index contributed by atoms with van der Waals surface area (Å²) in [5.41, 5.74) is 0.752. The maximum Gasteiger partial charge on any atom is 0.240 e. The standard InChI is InChI=1S/C15H16N4O4S/c1-19-15(16-11-17-19)10-23-13-2-4-14(5-3-13)24(20,21)18-8-12-6-7-22-9-12/h2-7,9,11,18H,8,10H2,1H3. The molecule has 2 aromatic heterocycles. The number of nitrogens with zero attached hydrogens (tertiary/aromatic N) is 3. The number of furan rings is 1. The zero-order valence-electron chi connectivity index (χ0n) is 12.9. The highest BCUT2D eigenvalue weighted by Crippen LogP contribution is 2.17. The van der Waals surface area contributed by atoms with Crippen LogP contribution in [0.15, 0.2) is 58.5 Å². The third-order valence-electron chi connectivity index (χ3n) is 3.35. The summed E-state index contributed by atoms with van der Waals surface area (Å²) in [4.78, 5) is 4.21. The third-order valence-corrected chi connectivity index (χ3v) is 4.77. The first-order chi connectivity index (χ1) is 11.5. The molecule has 0 spiro atoms. The fraction of sp³-hybridized carbons (Fsp3) is 0.200. The molecule has 1 N–H and O–H groups in total. The van der Waals surface area contributed by atoms with E-state index in [0.29, 0.717) is 11.6 Å². The maximum absolute atomic E-state index is 12.2. The lowest BCUT2D eigenvalue weighted by Gasteiger charge is -2.08. The van der Waals surface area contributed by atoms with Gasteiger partial charge in [-0.15, -0.1) is 0 Å². The molecule has 0 saturated carbocycles. The molecule has 0 radical (unpaired) electrons. The molecular formula is C15H16N4O4S. The van der Waals surface area contributed by atoms with Gasteiger partial charge < -0.3 is 9.15 Å². The monoisotopic (exact) mass is 348 g/mol. The van der Waals surface area contributed by atoms with Crippen molar-refractivity contribution >= 4 is 10.0 Å². The second kappa shape index (κ2) is 6.85. The molecule has 0 amide bonds. The van der Waals surface area contributed by atoms with Crippen LogP contribution in [0.4, 0.5) is 0 Å². The van der Waals surface area contributed by atoms with E-state index in [0.717, 1.165) is 5.56 Å². The van der Waals surface area contributed by atoms with Gasteiger partial charge in [0.15, 0.2) is 5.82 Å². The third kappa shape index (κ3) is 3.81. The number of nitrogens with one attached hydrogen (secondary N) is 1. The van der Waals surface area contributed by atoms with Crippen molar-refractivity contribution in [2.24, 2.45) is 7.05 Å². The summed E-state index contributed by atoms with van der Waals surface area (Å²) in [5, 5.41) is 3.95. The summed E-state index contributed by atoms with van der Waals surface area (Å²) in [6.07, 6.45) is 4.43. The van der Waals surface area contributed by atoms with Gasteiger partial charge in [0.2, 0.25) is 10.0 Å². The van der Waals surface area contributed by atoms with Crippen molar-refractivity contribution in [3.8, 4) is 5.75 Å². The quantitative estimate of drug-likeness (QED) is 0.694. The molecule has 9 heteroatoms. The summed E-state index contributed by atoms with van der Waals surface area (Å²) in [7, 11) is -1.82. The van der Waals surface area contributed by atoms with Crippen LogP contribution in [0.5, 0.6) is 5.75 Å². The number of aryl methyl sites for hydroxylation is 1. The van der Waals surface area contributed by atoms with Gasteiger partial charge in [-0.25, -0.2) is 18.1 Å². The number of rotatable bonds is 7. The van der Waals surface area contributed by atoms with Crippen LogP contribution in [0, 0.1) is 0 Å². The average molecular weight is 348 g/mol. The van der Waals surface area contributed by atoms with Crippen LogP contribution < -0.4 is 9.46 Å². The van der Waals surface area contributed by atoms with Crippen molar-refractivity contribution in [2.75, 3.05) is 0 Å². The molecule has 0 aliphatic heterocycles. The van der Waals surface area contributed by atoms with Crippen molar-refractivity contribution in [3.63, 3.8) is 0 Å². The Morgan fingerprint density at radius 1 is 1.25 bits per heavy atom. The van der Waals surface area contributed by atoms with Crippen LogP contribution in [0.25, 0.3) is 0 Å². The predicted octanol–water partition coefficient (Wildman–Crippen LogP) is 1.47. The van der Waals surface area contributed by atoms with Crippen molar-refractivity contribution in [1.82, 2.24) is 19.5 Å². The summed E-state index contributed by atoms with van der Waals surface area (Å²) in [5.74, 6) is 1.22. The molecule has 0 aliphatic rings. The van der Waals surface area contributed by atoms with Crippen molar-refractivity contribution < 1.29 is 17.6 Å². The lowest BCUT2D eigenvalue weighted by Crippen LogP contribution is -2.22. The molecular weight excluding hydrogens is 332 g/mol. The van der Waals surface area contributed by atoms with Gasteiger partial charge in [-0.1, -0.05) is 0 Å². The van der Waals surface area contributed by atoms with Crippen molar-refractivity contribution in [3.05, 3.63) is 60.6 Å². The Morgan fingerprint density at radius 2 is 2.04 bits per heavy atom. The Kier molecular flexibility index (Phi) is 4.63. The first-order valence-electron chi connectivity index (χ1n) is 7.11. The maximum atomic E-state index is 12.2. The fourth-order valence-corrected chi connectivity index (χ4v) is 2.99. The second-order valence-electron chi connectivity index (χ2n) is 5.02. The Hall–Kier alpha value is -2.65. The zero-order chi connectivity index (χ0) is 17.0. The van der Waals surface area contributed by atoms with Crippen LogP contribution in [0.1, 0.15) is 11.4 Å². The SMILES string of the molecule is Cn1ncnc1COc1ccc(S(=O)(=O)NCc2ccoc2)cc1. The minimum Gasteiger partial charge on any atom is -0.486 e. The van der Waals surface area contributed by atoms with E-state index in [1.54, 1.807) is 29.9 Å². The van der Waals surface area contributed by atoms with E-state index in [-0.39, 0.29) is 18.0 Å². The van der Waals surface area contributed by atoms with E-state index in [2.05, 4.69) is 14.8 Å². The molecule has 2 heterocycles. The molecule has 24 heavy (non-hydrogen) atoms. The zero-order valence-corrected chi connectivity index (χ0v) is 13.7. The number of benzene rings is 1. The fourth-order valence-electron chi connectivity index (χ4n) is 1.97. The van der Waals surface area contributed by atoms with Crippen LogP contribution in [0.2, 0.25) is 0 Å². The molecule has 0 bridgehead atoms. The van der Waals surface area contributed by atoms with E-state index < -0.39 is 10.0 Å². The molecule has 0 saturated heterocycles. The normalized spacial score (nSPS) is 11.5. The van der Waals surface area contributed by atoms with Gasteiger partial charge in [-0.05, 0) is 30.3 Å². The molecule has 126 valence electrons. The Labute approximate surface area is 139 Å². The first kappa shape index (κ1) is 16.2. The van der Waals surface area contributed by atoms with Gasteiger partial charge in [0.1, 0.15) is 18.7 Å². The van der Waals surface area contributed by atoms with E-state index in [9.17, 15) is 8.42 Å². The van der Waals surface area contributed by atoms with Gasteiger partial charge in [0.05, 0.1) is 17.4 Å². The molecule has 8 nitrogen and oxygen atoms in total. The first-order valence-corrected chi connectivity index (χ1v) is 8.59. The number of ether oxygens (including phenoxy) is 1. The molecule has 3 rings (SSSR count). The van der Waals surface area contributed by atoms with Gasteiger partial charge >= 0.3 is 0 Å². The molecule has 0 unspecified atom stereocenters. The highest BCUT2D eigenvalue weighted by Gasteiger charge is 2.14. The predicted molar refractivity (Wildman–Crippen MR) is 84.5 cm³/mol. The summed E-state index contributed by atoms with van der Waals surface area (Å²) in [6.45, 7) is 0.421.